The predicted molar refractivity (Wildman–Crippen MR) is 127 cm³/mol. The van der Waals surface area contributed by atoms with Crippen molar-refractivity contribution in [1.29, 1.82) is 0 Å². The lowest BCUT2D eigenvalue weighted by molar-refractivity contribution is -0.274. The van der Waals surface area contributed by atoms with E-state index in [1.807, 2.05) is 10.4 Å². The zero-order valence-corrected chi connectivity index (χ0v) is 21.4. The molecule has 2 aromatic carbocycles. The van der Waals surface area contributed by atoms with E-state index in [9.17, 15) is 31.2 Å². The third-order valence-electron chi connectivity index (χ3n) is 5.92. The Hall–Kier alpha value is -3.36. The van der Waals surface area contributed by atoms with Crippen molar-refractivity contribution in [3.05, 3.63) is 48.5 Å². The van der Waals surface area contributed by atoms with Gasteiger partial charge in [0.15, 0.2) is 14.6 Å². The molecule has 1 heterocycles. The first-order valence-corrected chi connectivity index (χ1v) is 12.9. The molecule has 0 aliphatic carbocycles. The minimum atomic E-state index is -4.82. The molecule has 14 heteroatoms. The van der Waals surface area contributed by atoms with Crippen LogP contribution >= 0.6 is 0 Å². The number of sulfone groups is 1. The minimum Gasteiger partial charge on any atom is -0.457 e. The van der Waals surface area contributed by atoms with Gasteiger partial charge in [0, 0.05) is 33.7 Å². The number of carbonyl (C=O) groups is 2. The van der Waals surface area contributed by atoms with Crippen LogP contribution < -0.4 is 15.0 Å². The van der Waals surface area contributed by atoms with Crippen LogP contribution in [-0.4, -0.2) is 69.7 Å². The van der Waals surface area contributed by atoms with Gasteiger partial charge in [-0.2, -0.15) is 5.48 Å². The number of hydrogen-bond donors (Lipinski definition) is 1. The third kappa shape index (κ3) is 7.14. The summed E-state index contributed by atoms with van der Waals surface area (Å²) in [5, 5.41) is 0. The average Bonchev–Trinajstić information content (AvgIpc) is 2.87. The number of rotatable bonds is 9. The summed E-state index contributed by atoms with van der Waals surface area (Å²) in [6, 6.07) is 9.93. The van der Waals surface area contributed by atoms with E-state index in [1.54, 1.807) is 7.11 Å². The quantitative estimate of drug-likeness (QED) is 0.461. The largest absolute Gasteiger partial charge is 0.573 e. The van der Waals surface area contributed by atoms with Gasteiger partial charge in [-0.1, -0.05) is 0 Å². The van der Waals surface area contributed by atoms with E-state index in [-0.39, 0.29) is 29.2 Å². The zero-order chi connectivity index (χ0) is 28.0. The number of benzene rings is 2. The molecule has 0 aromatic heterocycles. The number of nitrogens with one attached hydrogen (secondary N) is 1. The van der Waals surface area contributed by atoms with Gasteiger partial charge in [-0.25, -0.2) is 8.42 Å². The Balaban J connectivity index is 1.79. The molecule has 0 unspecified atom stereocenters. The fourth-order valence-corrected chi connectivity index (χ4v) is 5.90. The standard InChI is InChI=1S/C24H27F3N2O8S/c1-17(30)37-28-22(31)23(11-13-29(14-12-23)15-16-34-2)38(32,33)21-9-7-19(8-10-21)35-18-3-5-20(6-4-18)36-24(25,26)27/h3-10H,11-16H2,1-2H3,(H,28,31). The maximum absolute atomic E-state index is 13.7. The second-order valence-electron chi connectivity index (χ2n) is 8.45. The lowest BCUT2D eigenvalue weighted by Gasteiger charge is -2.39. The van der Waals surface area contributed by atoms with Crippen molar-refractivity contribution in [2.75, 3.05) is 33.4 Å². The minimum absolute atomic E-state index is 0.0449. The number of carbonyl (C=O) groups excluding carboxylic acids is 2. The highest BCUT2D eigenvalue weighted by atomic mass is 32.2. The van der Waals surface area contributed by atoms with Gasteiger partial charge >= 0.3 is 12.3 Å². The Morgan fingerprint density at radius 2 is 1.50 bits per heavy atom. The Morgan fingerprint density at radius 3 is 2.00 bits per heavy atom. The molecule has 38 heavy (non-hydrogen) atoms. The van der Waals surface area contributed by atoms with Crippen LogP contribution in [0.2, 0.25) is 0 Å². The number of alkyl halides is 3. The summed E-state index contributed by atoms with van der Waals surface area (Å²) >= 11 is 0. The summed E-state index contributed by atoms with van der Waals surface area (Å²) in [5.41, 5.74) is 1.97. The van der Waals surface area contributed by atoms with Crippen LogP contribution in [-0.2, 0) is 29.0 Å². The van der Waals surface area contributed by atoms with Gasteiger partial charge in [-0.15, -0.1) is 13.2 Å². The van der Waals surface area contributed by atoms with Crippen molar-refractivity contribution >= 4 is 21.7 Å². The number of amides is 1. The molecule has 208 valence electrons. The van der Waals surface area contributed by atoms with Crippen LogP contribution in [0, 0.1) is 0 Å². The lowest BCUT2D eigenvalue weighted by Crippen LogP contribution is -2.58. The highest BCUT2D eigenvalue weighted by Crippen LogP contribution is 2.37. The SMILES string of the molecule is COCCN1CCC(C(=O)NOC(C)=O)(S(=O)(=O)c2ccc(Oc3ccc(OC(F)(F)F)cc3)cc2)CC1. The molecule has 1 N–H and O–H groups in total. The molecule has 2 aromatic rings. The van der Waals surface area contributed by atoms with Gasteiger partial charge in [0.2, 0.25) is 0 Å². The summed E-state index contributed by atoms with van der Waals surface area (Å²) in [4.78, 5) is 30.7. The Morgan fingerprint density at radius 1 is 0.974 bits per heavy atom. The molecule has 1 fully saturated rings. The van der Waals surface area contributed by atoms with Crippen molar-refractivity contribution in [3.63, 3.8) is 0 Å². The number of hydroxylamine groups is 1. The van der Waals surface area contributed by atoms with E-state index >= 15 is 0 Å². The van der Waals surface area contributed by atoms with Crippen LogP contribution in [0.1, 0.15) is 19.8 Å². The second-order valence-corrected chi connectivity index (χ2v) is 10.7. The predicted octanol–water partition coefficient (Wildman–Crippen LogP) is 3.23. The molecule has 1 aliphatic rings. The van der Waals surface area contributed by atoms with Crippen LogP contribution in [0.25, 0.3) is 0 Å². The van der Waals surface area contributed by atoms with E-state index in [1.165, 1.54) is 36.4 Å². The normalized spacial score (nSPS) is 15.9. The van der Waals surface area contributed by atoms with E-state index in [0.717, 1.165) is 19.1 Å². The van der Waals surface area contributed by atoms with Gasteiger partial charge < -0.3 is 23.9 Å². The summed E-state index contributed by atoms with van der Waals surface area (Å²) in [7, 11) is -2.72. The maximum Gasteiger partial charge on any atom is 0.573 e. The van der Waals surface area contributed by atoms with Crippen molar-refractivity contribution in [1.82, 2.24) is 10.4 Å². The molecule has 3 rings (SSSR count). The van der Waals surface area contributed by atoms with Crippen LogP contribution in [0.15, 0.2) is 53.4 Å². The van der Waals surface area contributed by atoms with Crippen molar-refractivity contribution < 1.29 is 50.2 Å². The monoisotopic (exact) mass is 560 g/mol. The average molecular weight is 561 g/mol. The van der Waals surface area contributed by atoms with Gasteiger partial charge in [-0.05, 0) is 61.4 Å². The number of halogens is 3. The summed E-state index contributed by atoms with van der Waals surface area (Å²) in [6.07, 6.45) is -4.91. The molecule has 0 atom stereocenters. The van der Waals surface area contributed by atoms with Crippen LogP contribution in [0.5, 0.6) is 17.2 Å². The molecule has 1 aliphatic heterocycles. The summed E-state index contributed by atoms with van der Waals surface area (Å²) in [5.74, 6) is -1.77. The van der Waals surface area contributed by atoms with Gasteiger partial charge in [0.05, 0.1) is 11.5 Å². The van der Waals surface area contributed by atoms with Crippen molar-refractivity contribution in [2.24, 2.45) is 0 Å². The van der Waals surface area contributed by atoms with Crippen LogP contribution in [0.4, 0.5) is 13.2 Å². The third-order valence-corrected chi connectivity index (χ3v) is 8.43. The fourth-order valence-electron chi connectivity index (χ4n) is 3.95. The molecule has 0 saturated carbocycles. The molecular weight excluding hydrogens is 533 g/mol. The molecule has 0 spiro atoms. The number of piperidine rings is 1. The first kappa shape index (κ1) is 29.2. The topological polar surface area (TPSA) is 120 Å². The first-order valence-electron chi connectivity index (χ1n) is 11.4. The number of methoxy groups -OCH3 is 1. The van der Waals surface area contributed by atoms with Gasteiger partial charge in [0.1, 0.15) is 17.2 Å². The highest BCUT2D eigenvalue weighted by molar-refractivity contribution is 7.93. The van der Waals surface area contributed by atoms with Gasteiger partial charge in [0.25, 0.3) is 5.91 Å². The lowest BCUT2D eigenvalue weighted by atomic mass is 9.95. The first-order chi connectivity index (χ1) is 17.9. The zero-order valence-electron chi connectivity index (χ0n) is 20.6. The number of hydrogen-bond acceptors (Lipinski definition) is 9. The van der Waals surface area contributed by atoms with E-state index in [4.69, 9.17) is 9.47 Å². The summed E-state index contributed by atoms with van der Waals surface area (Å²) in [6.45, 7) is 2.67. The van der Waals surface area contributed by atoms with Crippen LogP contribution in [0.3, 0.4) is 0 Å². The van der Waals surface area contributed by atoms with E-state index < -0.39 is 38.6 Å². The maximum atomic E-state index is 13.7. The molecular formula is C24H27F3N2O8S. The fraction of sp³-hybridized carbons (Fsp3) is 0.417. The number of likely N-dealkylation sites (tertiary alicyclic amines) is 1. The molecule has 0 bridgehead atoms. The molecule has 0 radical (unpaired) electrons. The smallest absolute Gasteiger partial charge is 0.457 e. The molecule has 10 nitrogen and oxygen atoms in total. The Labute approximate surface area is 217 Å². The van der Waals surface area contributed by atoms with E-state index in [0.29, 0.717) is 26.2 Å². The molecule has 1 saturated heterocycles. The number of ether oxygens (including phenoxy) is 3. The highest BCUT2D eigenvalue weighted by Gasteiger charge is 2.53. The number of nitrogens with zero attached hydrogens (tertiary/aromatic N) is 1. The van der Waals surface area contributed by atoms with Crippen molar-refractivity contribution in [3.8, 4) is 17.2 Å². The summed E-state index contributed by atoms with van der Waals surface area (Å²) < 4.78 is 77.0. The van der Waals surface area contributed by atoms with E-state index in [2.05, 4.69) is 9.57 Å². The van der Waals surface area contributed by atoms with Crippen molar-refractivity contribution in [2.45, 2.75) is 35.8 Å². The Kier molecular flexibility index (Phi) is 9.22. The second kappa shape index (κ2) is 12.0. The molecule has 1 amide bonds. The Bertz CT molecular complexity index is 1210. The van der Waals surface area contributed by atoms with Gasteiger partial charge in [-0.3, -0.25) is 9.59 Å².